The number of nitrogens with one attached hydrogen (secondary N) is 2. The molecule has 0 atom stereocenters. The van der Waals surface area contributed by atoms with Gasteiger partial charge in [-0.05, 0) is 47.5 Å². The monoisotopic (exact) mass is 410 g/mol. The van der Waals surface area contributed by atoms with E-state index in [-0.39, 0.29) is 23.2 Å². The van der Waals surface area contributed by atoms with E-state index in [9.17, 15) is 17.6 Å². The molecule has 2 N–H and O–H groups in total. The van der Waals surface area contributed by atoms with Crippen LogP contribution in [0.25, 0.3) is 6.08 Å². The average molecular weight is 410 g/mol. The van der Waals surface area contributed by atoms with Crippen LogP contribution in [0.3, 0.4) is 0 Å². The molecule has 0 fully saturated rings. The highest BCUT2D eigenvalue weighted by atomic mass is 32.2. The topological polar surface area (TPSA) is 75.3 Å². The van der Waals surface area contributed by atoms with Crippen molar-refractivity contribution in [1.82, 2.24) is 5.32 Å². The molecule has 1 amide bonds. The maximum absolute atomic E-state index is 12.9. The summed E-state index contributed by atoms with van der Waals surface area (Å²) in [5.74, 6) is -0.698. The zero-order chi connectivity index (χ0) is 20.7. The molecule has 7 heteroatoms. The first kappa shape index (κ1) is 20.3. The molecule has 0 unspecified atom stereocenters. The van der Waals surface area contributed by atoms with E-state index in [1.165, 1.54) is 30.3 Å². The number of anilines is 1. The third-order valence-corrected chi connectivity index (χ3v) is 5.45. The number of sulfonamides is 1. The van der Waals surface area contributed by atoms with Crippen molar-refractivity contribution in [1.29, 1.82) is 0 Å². The van der Waals surface area contributed by atoms with Gasteiger partial charge in [0.05, 0.1) is 10.6 Å². The molecular formula is C22H19FN2O3S. The third-order valence-electron chi connectivity index (χ3n) is 4.07. The Morgan fingerprint density at radius 1 is 0.897 bits per heavy atom. The van der Waals surface area contributed by atoms with Crippen molar-refractivity contribution in [2.75, 3.05) is 4.72 Å². The van der Waals surface area contributed by atoms with Crippen LogP contribution in [0.2, 0.25) is 0 Å². The number of para-hydroxylation sites is 1. The van der Waals surface area contributed by atoms with E-state index in [1.807, 2.05) is 0 Å². The van der Waals surface area contributed by atoms with E-state index < -0.39 is 10.0 Å². The van der Waals surface area contributed by atoms with Crippen LogP contribution in [0.4, 0.5) is 10.1 Å². The first-order chi connectivity index (χ1) is 13.9. The lowest BCUT2D eigenvalue weighted by Gasteiger charge is -2.13. The minimum Gasteiger partial charge on any atom is -0.348 e. The SMILES string of the molecule is O=C(C=Cc1ccc(F)cc1)NCc1ccccc1NS(=O)(=O)c1ccccc1. The van der Waals surface area contributed by atoms with Crippen LogP contribution >= 0.6 is 0 Å². The lowest BCUT2D eigenvalue weighted by molar-refractivity contribution is -0.116. The van der Waals surface area contributed by atoms with Gasteiger partial charge in [0.1, 0.15) is 5.82 Å². The van der Waals surface area contributed by atoms with Gasteiger partial charge in [-0.3, -0.25) is 9.52 Å². The molecule has 0 saturated carbocycles. The number of rotatable bonds is 7. The van der Waals surface area contributed by atoms with Gasteiger partial charge in [-0.1, -0.05) is 48.5 Å². The molecule has 3 rings (SSSR count). The third kappa shape index (κ3) is 5.76. The highest BCUT2D eigenvalue weighted by Crippen LogP contribution is 2.20. The molecular weight excluding hydrogens is 391 g/mol. The predicted molar refractivity (Wildman–Crippen MR) is 111 cm³/mol. The molecule has 0 bridgehead atoms. The minimum absolute atomic E-state index is 0.139. The van der Waals surface area contributed by atoms with Crippen molar-refractivity contribution in [2.24, 2.45) is 0 Å². The highest BCUT2D eigenvalue weighted by molar-refractivity contribution is 7.92. The molecule has 0 aromatic heterocycles. The number of amides is 1. The number of carbonyl (C=O) groups is 1. The van der Waals surface area contributed by atoms with Crippen molar-refractivity contribution in [3.8, 4) is 0 Å². The van der Waals surface area contributed by atoms with Crippen molar-refractivity contribution in [3.63, 3.8) is 0 Å². The van der Waals surface area contributed by atoms with Crippen LogP contribution in [-0.4, -0.2) is 14.3 Å². The van der Waals surface area contributed by atoms with E-state index >= 15 is 0 Å². The fourth-order valence-electron chi connectivity index (χ4n) is 2.56. The maximum Gasteiger partial charge on any atom is 0.261 e. The molecule has 29 heavy (non-hydrogen) atoms. The zero-order valence-electron chi connectivity index (χ0n) is 15.4. The lowest BCUT2D eigenvalue weighted by Crippen LogP contribution is -2.22. The zero-order valence-corrected chi connectivity index (χ0v) is 16.2. The summed E-state index contributed by atoms with van der Waals surface area (Å²) in [6.45, 7) is 0.139. The van der Waals surface area contributed by atoms with Crippen LogP contribution in [0, 0.1) is 5.82 Å². The van der Waals surface area contributed by atoms with Gasteiger partial charge in [0.15, 0.2) is 0 Å². The van der Waals surface area contributed by atoms with Crippen LogP contribution in [0.5, 0.6) is 0 Å². The Hall–Kier alpha value is -3.45. The Morgan fingerprint density at radius 2 is 1.55 bits per heavy atom. The molecule has 0 saturated heterocycles. The van der Waals surface area contributed by atoms with Gasteiger partial charge >= 0.3 is 0 Å². The summed E-state index contributed by atoms with van der Waals surface area (Å²) >= 11 is 0. The lowest BCUT2D eigenvalue weighted by atomic mass is 10.2. The Labute approximate surface area is 169 Å². The minimum atomic E-state index is -3.73. The Kier molecular flexibility index (Phi) is 6.41. The van der Waals surface area contributed by atoms with Crippen molar-refractivity contribution in [3.05, 3.63) is 102 Å². The fourth-order valence-corrected chi connectivity index (χ4v) is 3.69. The molecule has 148 valence electrons. The summed E-state index contributed by atoms with van der Waals surface area (Å²) < 4.78 is 40.5. The predicted octanol–water partition coefficient (Wildman–Crippen LogP) is 3.96. The van der Waals surface area contributed by atoms with Crippen LogP contribution in [-0.2, 0) is 21.4 Å². The standard InChI is InChI=1S/C22H19FN2O3S/c23-19-13-10-17(11-14-19)12-15-22(26)24-16-18-6-4-5-9-21(18)25-29(27,28)20-7-2-1-3-8-20/h1-15,25H,16H2,(H,24,26). The molecule has 0 aliphatic heterocycles. The van der Waals surface area contributed by atoms with Crippen molar-refractivity contribution < 1.29 is 17.6 Å². The molecule has 0 aliphatic rings. The molecule has 3 aromatic carbocycles. The number of hydrogen-bond donors (Lipinski definition) is 2. The number of benzene rings is 3. The molecule has 0 spiro atoms. The van der Waals surface area contributed by atoms with E-state index in [0.29, 0.717) is 16.8 Å². The van der Waals surface area contributed by atoms with Gasteiger partial charge in [-0.25, -0.2) is 12.8 Å². The first-order valence-corrected chi connectivity index (χ1v) is 10.3. The summed E-state index contributed by atoms with van der Waals surface area (Å²) in [6, 6.07) is 20.6. The largest absolute Gasteiger partial charge is 0.348 e. The Bertz CT molecular complexity index is 1110. The van der Waals surface area contributed by atoms with E-state index in [0.717, 1.165) is 0 Å². The first-order valence-electron chi connectivity index (χ1n) is 8.81. The average Bonchev–Trinajstić information content (AvgIpc) is 2.73. The molecule has 5 nitrogen and oxygen atoms in total. The number of halogens is 1. The Morgan fingerprint density at radius 3 is 2.28 bits per heavy atom. The van der Waals surface area contributed by atoms with Gasteiger partial charge < -0.3 is 5.32 Å². The number of carbonyl (C=O) groups excluding carboxylic acids is 1. The van der Waals surface area contributed by atoms with Gasteiger partial charge in [0, 0.05) is 12.6 Å². The van der Waals surface area contributed by atoms with E-state index in [2.05, 4.69) is 10.0 Å². The second-order valence-corrected chi connectivity index (χ2v) is 7.86. The van der Waals surface area contributed by atoms with Gasteiger partial charge in [0.2, 0.25) is 5.91 Å². The summed E-state index contributed by atoms with van der Waals surface area (Å²) in [4.78, 5) is 12.2. The van der Waals surface area contributed by atoms with Crippen LogP contribution < -0.4 is 10.0 Å². The smallest absolute Gasteiger partial charge is 0.261 e. The highest BCUT2D eigenvalue weighted by Gasteiger charge is 2.15. The summed E-state index contributed by atoms with van der Waals surface area (Å²) in [7, 11) is -3.73. The van der Waals surface area contributed by atoms with E-state index in [4.69, 9.17) is 0 Å². The number of hydrogen-bond acceptors (Lipinski definition) is 3. The van der Waals surface area contributed by atoms with Crippen LogP contribution in [0.15, 0.2) is 89.8 Å². The molecule has 0 radical (unpaired) electrons. The second kappa shape index (κ2) is 9.16. The molecule has 3 aromatic rings. The summed E-state index contributed by atoms with van der Waals surface area (Å²) in [5, 5.41) is 2.71. The Balaban J connectivity index is 1.66. The quantitative estimate of drug-likeness (QED) is 0.579. The van der Waals surface area contributed by atoms with Crippen LogP contribution in [0.1, 0.15) is 11.1 Å². The van der Waals surface area contributed by atoms with Gasteiger partial charge in [-0.2, -0.15) is 0 Å². The fraction of sp³-hybridized carbons (Fsp3) is 0.0455. The second-order valence-electron chi connectivity index (χ2n) is 6.18. The summed E-state index contributed by atoms with van der Waals surface area (Å²) in [6.07, 6.45) is 2.91. The van der Waals surface area contributed by atoms with Crippen molar-refractivity contribution in [2.45, 2.75) is 11.4 Å². The van der Waals surface area contributed by atoms with E-state index in [1.54, 1.807) is 60.7 Å². The van der Waals surface area contributed by atoms with Gasteiger partial charge in [-0.15, -0.1) is 0 Å². The van der Waals surface area contributed by atoms with Crippen molar-refractivity contribution >= 4 is 27.7 Å². The maximum atomic E-state index is 12.9. The van der Waals surface area contributed by atoms with Gasteiger partial charge in [0.25, 0.3) is 10.0 Å². The molecule has 0 heterocycles. The summed E-state index contributed by atoms with van der Waals surface area (Å²) in [5.41, 5.74) is 1.70. The normalized spacial score (nSPS) is 11.3. The molecule has 0 aliphatic carbocycles.